The van der Waals surface area contributed by atoms with Crippen LogP contribution in [0, 0.1) is 0 Å². The lowest BCUT2D eigenvalue weighted by molar-refractivity contribution is 0.468. The molecule has 0 radical (unpaired) electrons. The second-order valence-corrected chi connectivity index (χ2v) is 3.39. The Bertz CT molecular complexity index is 693. The summed E-state index contributed by atoms with van der Waals surface area (Å²) in [4.78, 5) is 1.37. The maximum absolute atomic E-state index is 9.71. The van der Waals surface area contributed by atoms with Gasteiger partial charge in [0.2, 0.25) is 0 Å². The number of rotatable bonds is 1. The Kier molecular flexibility index (Phi) is 1.64. The molecular formula is C12H9N3O. The second-order valence-electron chi connectivity index (χ2n) is 3.39. The van der Waals surface area contributed by atoms with Crippen LogP contribution in [0.3, 0.4) is 0 Å². The first-order chi connectivity index (χ1) is 8.24. The molecule has 1 N–H and O–H groups in total. The summed E-state index contributed by atoms with van der Waals surface area (Å²) in [5.41, 5.74) is 1.86. The summed E-state index contributed by atoms with van der Waals surface area (Å²) < 4.78 is 7.51. The molecule has 0 bridgehead atoms. The van der Waals surface area contributed by atoms with Crippen molar-refractivity contribution in [3.63, 3.8) is 0 Å². The summed E-state index contributed by atoms with van der Waals surface area (Å²) in [6, 6.07) is 12.3. The van der Waals surface area contributed by atoms with E-state index in [1.54, 1.807) is 42.5 Å². The molecule has 1 heterocycles. The molecule has 2 aromatic carbocycles. The van der Waals surface area contributed by atoms with E-state index in [0.29, 0.717) is 22.8 Å². The van der Waals surface area contributed by atoms with Gasteiger partial charge in [0.25, 0.3) is 0 Å². The third kappa shape index (κ3) is 1.32. The molecule has 0 spiro atoms. The van der Waals surface area contributed by atoms with Crippen LogP contribution in [-0.4, -0.2) is 20.1 Å². The molecule has 1 aromatic heterocycles. The summed E-state index contributed by atoms with van der Waals surface area (Å²) in [5.74, 6) is 0.124. The summed E-state index contributed by atoms with van der Waals surface area (Å²) in [6.45, 7) is 0. The fraction of sp³-hybridized carbons (Fsp3) is 0. The smallest absolute Gasteiger partial charge is 0.143 e. The maximum atomic E-state index is 9.71. The van der Waals surface area contributed by atoms with Gasteiger partial charge >= 0.3 is 0 Å². The highest BCUT2D eigenvalue weighted by Gasteiger charge is 2.06. The van der Waals surface area contributed by atoms with E-state index in [1.165, 1.54) is 4.80 Å². The van der Waals surface area contributed by atoms with Gasteiger partial charge in [-0.3, -0.25) is 0 Å². The fourth-order valence-electron chi connectivity index (χ4n) is 1.55. The number of aromatic nitrogens is 3. The Labute approximate surface area is 93.2 Å². The van der Waals surface area contributed by atoms with E-state index in [4.69, 9.17) is 1.37 Å². The molecule has 0 aliphatic rings. The number of phenols is 1. The number of phenolic OH excluding ortho intramolecular Hbond substituents is 1. The van der Waals surface area contributed by atoms with E-state index in [9.17, 15) is 5.11 Å². The Morgan fingerprint density at radius 3 is 2.56 bits per heavy atom. The largest absolute Gasteiger partial charge is 0.506 e. The molecule has 0 unspecified atom stereocenters. The quantitative estimate of drug-likeness (QED) is 0.673. The molecule has 0 saturated carbocycles. The minimum Gasteiger partial charge on any atom is -0.506 e. The molecule has 0 atom stereocenters. The predicted octanol–water partition coefficient (Wildman–Crippen LogP) is 2.13. The van der Waals surface area contributed by atoms with Crippen LogP contribution in [0.1, 0.15) is 1.37 Å². The first-order valence-corrected chi connectivity index (χ1v) is 4.86. The van der Waals surface area contributed by atoms with Crippen molar-refractivity contribution in [3.8, 4) is 11.4 Å². The summed E-state index contributed by atoms with van der Waals surface area (Å²) in [7, 11) is 0. The minimum absolute atomic E-state index is 0.124. The molecule has 4 nitrogen and oxygen atoms in total. The highest BCUT2D eigenvalue weighted by Crippen LogP contribution is 2.20. The van der Waals surface area contributed by atoms with Crippen molar-refractivity contribution < 1.29 is 6.48 Å². The average molecular weight is 213 g/mol. The minimum atomic E-state index is 0.124. The zero-order valence-corrected chi connectivity index (χ0v) is 8.33. The number of fused-ring (bicyclic) bond motifs is 1. The molecule has 16 heavy (non-hydrogen) atoms. The summed E-state index contributed by atoms with van der Waals surface area (Å²) >= 11 is 0. The summed E-state index contributed by atoms with van der Waals surface area (Å²) in [5, 5.41) is 18.2. The van der Waals surface area contributed by atoms with E-state index in [1.807, 2.05) is 0 Å². The highest BCUT2D eigenvalue weighted by molar-refractivity contribution is 5.73. The Morgan fingerprint density at radius 2 is 1.75 bits per heavy atom. The van der Waals surface area contributed by atoms with Crippen LogP contribution in [0.15, 0.2) is 48.5 Å². The van der Waals surface area contributed by atoms with Crippen molar-refractivity contribution in [2.45, 2.75) is 0 Å². The van der Waals surface area contributed by atoms with E-state index in [0.717, 1.165) is 0 Å². The number of para-hydroxylation sites is 2. The standard InChI is InChI=1S/C12H9N3O/c16-12-8-4-3-7-11(12)15-13-9-5-1-2-6-10(9)14-15/h1-8,16H/i1T. The van der Waals surface area contributed by atoms with Crippen molar-refractivity contribution >= 4 is 11.0 Å². The molecule has 78 valence electrons. The lowest BCUT2D eigenvalue weighted by Crippen LogP contribution is -1.98. The zero-order chi connectivity index (χ0) is 11.8. The van der Waals surface area contributed by atoms with Gasteiger partial charge in [-0.2, -0.15) is 0 Å². The molecule has 3 rings (SSSR count). The van der Waals surface area contributed by atoms with Crippen LogP contribution >= 0.6 is 0 Å². The number of aromatic hydroxyl groups is 1. The normalized spacial score (nSPS) is 11.6. The van der Waals surface area contributed by atoms with Gasteiger partial charge in [-0.1, -0.05) is 24.2 Å². The molecule has 3 aromatic rings. The van der Waals surface area contributed by atoms with Crippen molar-refractivity contribution in [3.05, 3.63) is 48.5 Å². The van der Waals surface area contributed by atoms with Gasteiger partial charge in [0, 0.05) is 0 Å². The molecule has 0 fully saturated rings. The molecule has 0 amide bonds. The van der Waals surface area contributed by atoms with Gasteiger partial charge in [-0.05, 0) is 24.3 Å². The zero-order valence-electron chi connectivity index (χ0n) is 9.33. The van der Waals surface area contributed by atoms with Gasteiger partial charge in [-0.25, -0.2) is 0 Å². The maximum Gasteiger partial charge on any atom is 0.143 e. The molecule has 0 aliphatic carbocycles. The second kappa shape index (κ2) is 3.34. The Hall–Kier alpha value is -2.36. The highest BCUT2D eigenvalue weighted by atomic mass is 16.3. The monoisotopic (exact) mass is 213 g/mol. The van der Waals surface area contributed by atoms with Crippen LogP contribution in [0.4, 0.5) is 0 Å². The van der Waals surface area contributed by atoms with Gasteiger partial charge in [0.1, 0.15) is 22.5 Å². The first kappa shape index (κ1) is 7.87. The van der Waals surface area contributed by atoms with Crippen LogP contribution in [0.5, 0.6) is 5.75 Å². The topological polar surface area (TPSA) is 50.9 Å². The third-order valence-electron chi connectivity index (χ3n) is 2.32. The first-order valence-electron chi connectivity index (χ1n) is 5.36. The number of hydrogen-bond donors (Lipinski definition) is 1. The summed E-state index contributed by atoms with van der Waals surface area (Å²) in [6.07, 6.45) is 0. The van der Waals surface area contributed by atoms with E-state index in [-0.39, 0.29) is 5.75 Å². The lowest BCUT2D eigenvalue weighted by Gasteiger charge is -2.00. The number of nitrogens with zero attached hydrogens (tertiary/aromatic N) is 3. The van der Waals surface area contributed by atoms with Crippen molar-refractivity contribution in [2.75, 3.05) is 0 Å². The molecule has 0 aliphatic heterocycles. The van der Waals surface area contributed by atoms with Crippen molar-refractivity contribution in [1.82, 2.24) is 15.0 Å². The van der Waals surface area contributed by atoms with Gasteiger partial charge < -0.3 is 5.11 Å². The predicted molar refractivity (Wildman–Crippen MR) is 60.5 cm³/mol. The number of benzene rings is 2. The lowest BCUT2D eigenvalue weighted by atomic mass is 10.3. The fourth-order valence-corrected chi connectivity index (χ4v) is 1.55. The van der Waals surface area contributed by atoms with E-state index < -0.39 is 0 Å². The van der Waals surface area contributed by atoms with Crippen molar-refractivity contribution in [2.24, 2.45) is 0 Å². The van der Waals surface area contributed by atoms with Crippen LogP contribution < -0.4 is 0 Å². The number of hydrogen-bond acceptors (Lipinski definition) is 3. The van der Waals surface area contributed by atoms with Crippen LogP contribution in [0.2, 0.25) is 0 Å². The third-order valence-corrected chi connectivity index (χ3v) is 2.32. The van der Waals surface area contributed by atoms with Gasteiger partial charge in [0.15, 0.2) is 0 Å². The van der Waals surface area contributed by atoms with E-state index in [2.05, 4.69) is 10.2 Å². The van der Waals surface area contributed by atoms with Gasteiger partial charge in [0.05, 0.1) is 1.37 Å². The molecule has 0 saturated heterocycles. The SMILES string of the molecule is [3H]c1ccc2nn(-c3ccccc3O)nc2c1. The van der Waals surface area contributed by atoms with Crippen LogP contribution in [0.25, 0.3) is 16.7 Å². The van der Waals surface area contributed by atoms with Gasteiger partial charge in [-0.15, -0.1) is 15.0 Å². The van der Waals surface area contributed by atoms with Crippen LogP contribution in [-0.2, 0) is 0 Å². The Morgan fingerprint density at radius 1 is 1.00 bits per heavy atom. The Balaban J connectivity index is 2.22. The van der Waals surface area contributed by atoms with E-state index >= 15 is 0 Å². The molecular weight excluding hydrogens is 202 g/mol. The average Bonchev–Trinajstić information content (AvgIpc) is 2.72. The molecule has 4 heteroatoms. The van der Waals surface area contributed by atoms with Crippen molar-refractivity contribution in [1.29, 1.82) is 0 Å².